The number of aryl methyl sites for hydroxylation is 1. The van der Waals surface area contributed by atoms with Gasteiger partial charge in [-0.15, -0.1) is 0 Å². The Bertz CT molecular complexity index is 1200. The van der Waals surface area contributed by atoms with Crippen LogP contribution >= 0.6 is 0 Å². The first-order chi connectivity index (χ1) is 15.1. The van der Waals surface area contributed by atoms with E-state index in [-0.39, 0.29) is 28.6 Å². The summed E-state index contributed by atoms with van der Waals surface area (Å²) in [5.41, 5.74) is 1.19. The van der Waals surface area contributed by atoms with Crippen molar-refractivity contribution in [3.8, 4) is 0 Å². The van der Waals surface area contributed by atoms with E-state index in [1.165, 1.54) is 10.8 Å². The second-order valence-electron chi connectivity index (χ2n) is 8.51. The Morgan fingerprint density at radius 1 is 1.19 bits per heavy atom. The third kappa shape index (κ3) is 4.40. The Morgan fingerprint density at radius 3 is 2.77 bits per heavy atom. The molecular formula is C24H31N5O2. The fourth-order valence-corrected chi connectivity index (χ4v) is 4.48. The first-order valence-corrected chi connectivity index (χ1v) is 11.5. The lowest BCUT2D eigenvalue weighted by Crippen LogP contribution is -2.40. The van der Waals surface area contributed by atoms with E-state index in [0.717, 1.165) is 51.4 Å². The van der Waals surface area contributed by atoms with Crippen molar-refractivity contribution in [3.63, 3.8) is 0 Å². The predicted octanol–water partition coefficient (Wildman–Crippen LogP) is 3.77. The van der Waals surface area contributed by atoms with Crippen LogP contribution in [0, 0.1) is 5.41 Å². The predicted molar refractivity (Wildman–Crippen MR) is 121 cm³/mol. The van der Waals surface area contributed by atoms with Crippen molar-refractivity contribution in [1.82, 2.24) is 19.3 Å². The quantitative estimate of drug-likeness (QED) is 0.449. The molecule has 0 spiro atoms. The summed E-state index contributed by atoms with van der Waals surface area (Å²) in [5, 5.41) is 12.3. The molecule has 0 aliphatic heterocycles. The van der Waals surface area contributed by atoms with Crippen molar-refractivity contribution in [2.45, 2.75) is 77.3 Å². The van der Waals surface area contributed by atoms with Gasteiger partial charge in [0.15, 0.2) is 0 Å². The molecule has 4 rings (SSSR count). The minimum Gasteiger partial charge on any atom is -0.349 e. The number of rotatable bonds is 7. The number of hydrogen-bond donors (Lipinski definition) is 2. The Hall–Kier alpha value is -2.96. The number of amides is 1. The van der Waals surface area contributed by atoms with Crippen LogP contribution in [0.5, 0.6) is 0 Å². The molecule has 31 heavy (non-hydrogen) atoms. The van der Waals surface area contributed by atoms with Crippen LogP contribution in [0.3, 0.4) is 0 Å². The van der Waals surface area contributed by atoms with E-state index in [2.05, 4.69) is 17.2 Å². The number of nitrogens with one attached hydrogen (secondary N) is 2. The van der Waals surface area contributed by atoms with Gasteiger partial charge in [0.1, 0.15) is 16.8 Å². The summed E-state index contributed by atoms with van der Waals surface area (Å²) in [7, 11) is 0. The van der Waals surface area contributed by atoms with Crippen molar-refractivity contribution in [2.75, 3.05) is 0 Å². The number of fused-ring (bicyclic) bond motifs is 2. The highest BCUT2D eigenvalue weighted by molar-refractivity contribution is 5.97. The number of pyridine rings is 2. The van der Waals surface area contributed by atoms with E-state index >= 15 is 0 Å². The molecule has 0 radical (unpaired) electrons. The van der Waals surface area contributed by atoms with Crippen LogP contribution < -0.4 is 16.4 Å². The Labute approximate surface area is 181 Å². The van der Waals surface area contributed by atoms with Gasteiger partial charge in [0.05, 0.1) is 10.9 Å². The van der Waals surface area contributed by atoms with Gasteiger partial charge in [0.25, 0.3) is 11.5 Å². The van der Waals surface area contributed by atoms with Crippen LogP contribution in [0.15, 0.2) is 35.3 Å². The molecule has 2 N–H and O–H groups in total. The van der Waals surface area contributed by atoms with Crippen molar-refractivity contribution < 1.29 is 4.79 Å². The van der Waals surface area contributed by atoms with E-state index in [1.807, 2.05) is 6.07 Å². The maximum Gasteiger partial charge on any atom is 0.267 e. The number of unbranched alkanes of at least 4 members (excludes halogenated alkanes) is 3. The Morgan fingerprint density at radius 2 is 2.00 bits per heavy atom. The highest BCUT2D eigenvalue weighted by atomic mass is 16.2. The molecule has 3 heterocycles. The summed E-state index contributed by atoms with van der Waals surface area (Å²) in [6.45, 7) is 2.72. The molecule has 0 saturated heterocycles. The first-order valence-electron chi connectivity index (χ1n) is 11.5. The largest absolute Gasteiger partial charge is 0.349 e. The molecule has 1 amide bonds. The molecule has 0 bridgehead atoms. The molecular weight excluding hydrogens is 390 g/mol. The summed E-state index contributed by atoms with van der Waals surface area (Å²) in [5.74, 6) is -0.265. The second kappa shape index (κ2) is 9.45. The minimum absolute atomic E-state index is 0.129. The summed E-state index contributed by atoms with van der Waals surface area (Å²) in [6.07, 6.45) is 11.2. The van der Waals surface area contributed by atoms with Gasteiger partial charge in [0, 0.05) is 18.8 Å². The molecule has 7 nitrogen and oxygen atoms in total. The highest BCUT2D eigenvalue weighted by Gasteiger charge is 2.21. The number of aromatic nitrogens is 3. The van der Waals surface area contributed by atoms with Gasteiger partial charge in [-0.1, -0.05) is 51.5 Å². The number of carbonyl (C=O) groups excluding carboxylic acids is 1. The van der Waals surface area contributed by atoms with Crippen LogP contribution in [0.25, 0.3) is 16.7 Å². The molecule has 1 fully saturated rings. The van der Waals surface area contributed by atoms with Crippen molar-refractivity contribution in [3.05, 3.63) is 51.9 Å². The summed E-state index contributed by atoms with van der Waals surface area (Å²) in [6, 6.07) is 7.12. The minimum atomic E-state index is -0.265. The van der Waals surface area contributed by atoms with Crippen LogP contribution in [-0.4, -0.2) is 25.9 Å². The fraction of sp³-hybridized carbons (Fsp3) is 0.500. The maximum absolute atomic E-state index is 13.2. The van der Waals surface area contributed by atoms with Gasteiger partial charge in [-0.25, -0.2) is 4.98 Å². The maximum atomic E-state index is 13.2. The van der Waals surface area contributed by atoms with E-state index in [4.69, 9.17) is 5.41 Å². The third-order valence-corrected chi connectivity index (χ3v) is 6.24. The Kier molecular flexibility index (Phi) is 6.49. The normalized spacial score (nSPS) is 14.9. The number of carbonyl (C=O) groups is 1. The zero-order valence-corrected chi connectivity index (χ0v) is 18.2. The zero-order chi connectivity index (χ0) is 21.8. The van der Waals surface area contributed by atoms with Crippen molar-refractivity contribution in [1.29, 1.82) is 5.41 Å². The highest BCUT2D eigenvalue weighted by Crippen LogP contribution is 2.18. The summed E-state index contributed by atoms with van der Waals surface area (Å²) >= 11 is 0. The molecule has 1 saturated carbocycles. The van der Waals surface area contributed by atoms with Gasteiger partial charge < -0.3 is 9.88 Å². The van der Waals surface area contributed by atoms with Crippen LogP contribution in [0.2, 0.25) is 0 Å². The van der Waals surface area contributed by atoms with E-state index in [0.29, 0.717) is 23.2 Å². The lowest BCUT2D eigenvalue weighted by Gasteiger charge is -2.23. The van der Waals surface area contributed by atoms with Crippen LogP contribution in [0.4, 0.5) is 0 Å². The molecule has 0 unspecified atom stereocenters. The smallest absolute Gasteiger partial charge is 0.267 e. The third-order valence-electron chi connectivity index (χ3n) is 6.24. The molecule has 3 aromatic rings. The molecule has 0 atom stereocenters. The monoisotopic (exact) mass is 421 g/mol. The molecule has 1 aliphatic carbocycles. The van der Waals surface area contributed by atoms with Crippen LogP contribution in [0.1, 0.15) is 75.1 Å². The van der Waals surface area contributed by atoms with E-state index in [9.17, 15) is 9.59 Å². The standard InChI is InChI=1S/C24H31N5O2/c1-2-3-4-9-15-29-21(25)18(23(30)26-17-11-6-5-7-12-17)16-19-22(29)27-20-13-8-10-14-28(20)24(19)31/h8,10,13-14,16-17,25H,2-7,9,11-12,15H2,1H3,(H,26,30). The lowest BCUT2D eigenvalue weighted by atomic mass is 9.95. The topological polar surface area (TPSA) is 92.2 Å². The number of hydrogen-bond acceptors (Lipinski definition) is 4. The van der Waals surface area contributed by atoms with Crippen molar-refractivity contribution >= 4 is 22.6 Å². The first kappa shape index (κ1) is 21.3. The van der Waals surface area contributed by atoms with Crippen molar-refractivity contribution in [2.24, 2.45) is 0 Å². The summed E-state index contributed by atoms with van der Waals surface area (Å²) in [4.78, 5) is 31.0. The molecule has 7 heteroatoms. The van der Waals surface area contributed by atoms with E-state index in [1.54, 1.807) is 29.0 Å². The number of nitrogens with zero attached hydrogens (tertiary/aromatic N) is 3. The van der Waals surface area contributed by atoms with Gasteiger partial charge in [-0.05, 0) is 37.5 Å². The van der Waals surface area contributed by atoms with E-state index < -0.39 is 0 Å². The average molecular weight is 422 g/mol. The van der Waals surface area contributed by atoms with Gasteiger partial charge in [0.2, 0.25) is 0 Å². The van der Waals surface area contributed by atoms with Crippen LogP contribution in [-0.2, 0) is 6.54 Å². The summed E-state index contributed by atoms with van der Waals surface area (Å²) < 4.78 is 3.24. The Balaban J connectivity index is 1.81. The zero-order valence-electron chi connectivity index (χ0n) is 18.2. The lowest BCUT2D eigenvalue weighted by molar-refractivity contribution is 0.0925. The SMILES string of the molecule is CCCCCCn1c(=N)c(C(=O)NC2CCCCC2)cc2c(=O)n3ccccc3nc21. The molecule has 1 aliphatic rings. The van der Waals surface area contributed by atoms with Gasteiger partial charge >= 0.3 is 0 Å². The van der Waals surface area contributed by atoms with Gasteiger partial charge in [-0.3, -0.25) is 19.4 Å². The molecule has 3 aromatic heterocycles. The fourth-order valence-electron chi connectivity index (χ4n) is 4.48. The molecule has 0 aromatic carbocycles. The molecule has 164 valence electrons. The van der Waals surface area contributed by atoms with Gasteiger partial charge in [-0.2, -0.15) is 0 Å². The average Bonchev–Trinajstić information content (AvgIpc) is 2.78. The second-order valence-corrected chi connectivity index (χ2v) is 8.51.